The van der Waals surface area contributed by atoms with Crippen LogP contribution in [-0.2, 0) is 19.6 Å². The Labute approximate surface area is 177 Å². The number of benzene rings is 3. The van der Waals surface area contributed by atoms with Gasteiger partial charge in [0.2, 0.25) is 0 Å². The molecular formula is C24H26ClNO3. The van der Waals surface area contributed by atoms with Gasteiger partial charge in [-0.25, -0.2) is 0 Å². The van der Waals surface area contributed by atoms with Crippen LogP contribution in [0.15, 0.2) is 66.7 Å². The summed E-state index contributed by atoms with van der Waals surface area (Å²) in [5, 5.41) is 4.19. The molecule has 0 heterocycles. The molecule has 3 aromatic carbocycles. The van der Waals surface area contributed by atoms with Gasteiger partial charge < -0.3 is 19.5 Å². The molecule has 0 radical (unpaired) electrons. The second-order valence-electron chi connectivity index (χ2n) is 6.64. The fraction of sp³-hybridized carbons (Fsp3) is 0.250. The Hall–Kier alpha value is -2.69. The third kappa shape index (κ3) is 6.14. The summed E-state index contributed by atoms with van der Waals surface area (Å²) in [5.41, 5.74) is 3.39. The van der Waals surface area contributed by atoms with Crippen molar-refractivity contribution in [3.63, 3.8) is 0 Å². The van der Waals surface area contributed by atoms with Gasteiger partial charge in [-0.3, -0.25) is 0 Å². The molecule has 3 rings (SSSR count). The zero-order valence-corrected chi connectivity index (χ0v) is 17.5. The normalized spacial score (nSPS) is 10.6. The molecule has 0 aromatic heterocycles. The van der Waals surface area contributed by atoms with Crippen LogP contribution in [0.5, 0.6) is 17.2 Å². The van der Waals surface area contributed by atoms with E-state index in [-0.39, 0.29) is 0 Å². The topological polar surface area (TPSA) is 39.7 Å². The third-order valence-electron chi connectivity index (χ3n) is 4.63. The van der Waals surface area contributed by atoms with Gasteiger partial charge in [0, 0.05) is 11.6 Å². The lowest BCUT2D eigenvalue weighted by atomic mass is 10.1. The Morgan fingerprint density at radius 1 is 0.793 bits per heavy atom. The van der Waals surface area contributed by atoms with E-state index in [1.807, 2.05) is 54.6 Å². The second kappa shape index (κ2) is 10.7. The van der Waals surface area contributed by atoms with Crippen molar-refractivity contribution in [1.29, 1.82) is 0 Å². The number of methoxy groups -OCH3 is 2. The van der Waals surface area contributed by atoms with E-state index in [4.69, 9.17) is 25.8 Å². The highest BCUT2D eigenvalue weighted by Gasteiger charge is 2.07. The Balaban J connectivity index is 1.52. The number of hydrogen-bond acceptors (Lipinski definition) is 4. The Morgan fingerprint density at radius 2 is 1.52 bits per heavy atom. The molecule has 0 aliphatic carbocycles. The highest BCUT2D eigenvalue weighted by Crippen LogP contribution is 2.29. The Bertz CT molecular complexity index is 912. The van der Waals surface area contributed by atoms with E-state index < -0.39 is 0 Å². The molecule has 29 heavy (non-hydrogen) atoms. The molecule has 0 atom stereocenters. The highest BCUT2D eigenvalue weighted by molar-refractivity contribution is 6.30. The standard InChI is InChI=1S/C24H26ClNO3/c1-27-22-6-4-3-5-20(22)13-14-26-16-19-9-12-23(24(15-19)28-2)29-17-18-7-10-21(25)11-8-18/h3-12,15,26H,13-14,16-17H2,1-2H3. The number of rotatable bonds is 10. The lowest BCUT2D eigenvalue weighted by molar-refractivity contribution is 0.284. The minimum absolute atomic E-state index is 0.462. The highest BCUT2D eigenvalue weighted by atomic mass is 35.5. The van der Waals surface area contributed by atoms with E-state index in [0.29, 0.717) is 11.6 Å². The lowest BCUT2D eigenvalue weighted by Gasteiger charge is -2.13. The number of hydrogen-bond donors (Lipinski definition) is 1. The van der Waals surface area contributed by atoms with Crippen molar-refractivity contribution in [2.45, 2.75) is 19.6 Å². The van der Waals surface area contributed by atoms with Crippen molar-refractivity contribution in [3.8, 4) is 17.2 Å². The fourth-order valence-corrected chi connectivity index (χ4v) is 3.17. The molecule has 0 bridgehead atoms. The number of halogens is 1. The quantitative estimate of drug-likeness (QED) is 0.461. The molecule has 0 saturated carbocycles. The first-order valence-electron chi connectivity index (χ1n) is 9.56. The fourth-order valence-electron chi connectivity index (χ4n) is 3.05. The van der Waals surface area contributed by atoms with Crippen molar-refractivity contribution >= 4 is 11.6 Å². The van der Waals surface area contributed by atoms with Gasteiger partial charge in [-0.15, -0.1) is 0 Å². The zero-order valence-electron chi connectivity index (χ0n) is 16.8. The summed E-state index contributed by atoms with van der Waals surface area (Å²) in [6.07, 6.45) is 0.906. The molecule has 0 fully saturated rings. The molecular weight excluding hydrogens is 386 g/mol. The summed E-state index contributed by atoms with van der Waals surface area (Å²) in [6, 6.07) is 21.7. The van der Waals surface area contributed by atoms with Gasteiger partial charge in [-0.05, 0) is 60.0 Å². The molecule has 0 amide bonds. The van der Waals surface area contributed by atoms with Crippen LogP contribution in [0.25, 0.3) is 0 Å². The average Bonchev–Trinajstić information content (AvgIpc) is 2.77. The predicted molar refractivity (Wildman–Crippen MR) is 117 cm³/mol. The van der Waals surface area contributed by atoms with Crippen molar-refractivity contribution in [1.82, 2.24) is 5.32 Å². The minimum atomic E-state index is 0.462. The number of para-hydroxylation sites is 1. The van der Waals surface area contributed by atoms with Crippen molar-refractivity contribution in [2.24, 2.45) is 0 Å². The van der Waals surface area contributed by atoms with Gasteiger partial charge >= 0.3 is 0 Å². The first-order valence-corrected chi connectivity index (χ1v) is 9.94. The smallest absolute Gasteiger partial charge is 0.161 e. The number of ether oxygens (including phenoxy) is 3. The molecule has 0 aliphatic heterocycles. The summed E-state index contributed by atoms with van der Waals surface area (Å²) in [4.78, 5) is 0. The Morgan fingerprint density at radius 3 is 2.28 bits per heavy atom. The van der Waals surface area contributed by atoms with E-state index in [2.05, 4.69) is 17.4 Å². The largest absolute Gasteiger partial charge is 0.496 e. The van der Waals surface area contributed by atoms with E-state index >= 15 is 0 Å². The predicted octanol–water partition coefficient (Wildman–Crippen LogP) is 5.27. The first-order chi connectivity index (χ1) is 14.2. The van der Waals surface area contributed by atoms with Crippen molar-refractivity contribution in [3.05, 3.63) is 88.4 Å². The maximum Gasteiger partial charge on any atom is 0.161 e. The summed E-state index contributed by atoms with van der Waals surface area (Å²) in [5.74, 6) is 2.38. The van der Waals surface area contributed by atoms with Crippen LogP contribution in [-0.4, -0.2) is 20.8 Å². The maximum absolute atomic E-state index is 5.92. The van der Waals surface area contributed by atoms with Gasteiger partial charge in [0.05, 0.1) is 14.2 Å². The van der Waals surface area contributed by atoms with Gasteiger partial charge in [0.25, 0.3) is 0 Å². The van der Waals surface area contributed by atoms with Gasteiger partial charge in [-0.1, -0.05) is 48.0 Å². The van der Waals surface area contributed by atoms with Gasteiger partial charge in [0.15, 0.2) is 11.5 Å². The number of nitrogens with one attached hydrogen (secondary N) is 1. The van der Waals surface area contributed by atoms with E-state index in [1.54, 1.807) is 14.2 Å². The maximum atomic E-state index is 5.92. The summed E-state index contributed by atoms with van der Waals surface area (Å²) < 4.78 is 16.8. The van der Waals surface area contributed by atoms with Crippen LogP contribution in [0.3, 0.4) is 0 Å². The van der Waals surface area contributed by atoms with Crippen molar-refractivity contribution < 1.29 is 14.2 Å². The molecule has 4 nitrogen and oxygen atoms in total. The Kier molecular flexibility index (Phi) is 7.79. The molecule has 152 valence electrons. The zero-order chi connectivity index (χ0) is 20.5. The van der Waals surface area contributed by atoms with E-state index in [0.717, 1.165) is 47.9 Å². The molecule has 1 N–H and O–H groups in total. The monoisotopic (exact) mass is 411 g/mol. The summed E-state index contributed by atoms with van der Waals surface area (Å²) >= 11 is 5.92. The average molecular weight is 412 g/mol. The summed E-state index contributed by atoms with van der Waals surface area (Å²) in [6.45, 7) is 2.07. The van der Waals surface area contributed by atoms with E-state index in [9.17, 15) is 0 Å². The van der Waals surface area contributed by atoms with Crippen LogP contribution < -0.4 is 19.5 Å². The van der Waals surface area contributed by atoms with Crippen molar-refractivity contribution in [2.75, 3.05) is 20.8 Å². The van der Waals surface area contributed by atoms with Crippen LogP contribution in [0.4, 0.5) is 0 Å². The van der Waals surface area contributed by atoms with E-state index in [1.165, 1.54) is 5.56 Å². The minimum Gasteiger partial charge on any atom is -0.496 e. The third-order valence-corrected chi connectivity index (χ3v) is 4.88. The van der Waals surface area contributed by atoms with Crippen LogP contribution in [0.2, 0.25) is 5.02 Å². The SMILES string of the molecule is COc1ccccc1CCNCc1ccc(OCc2ccc(Cl)cc2)c(OC)c1. The lowest BCUT2D eigenvalue weighted by Crippen LogP contribution is -2.17. The van der Waals surface area contributed by atoms with Crippen LogP contribution in [0.1, 0.15) is 16.7 Å². The van der Waals surface area contributed by atoms with Gasteiger partial charge in [-0.2, -0.15) is 0 Å². The molecule has 5 heteroatoms. The molecule has 0 unspecified atom stereocenters. The first kappa shape index (κ1) is 21.0. The van der Waals surface area contributed by atoms with Gasteiger partial charge in [0.1, 0.15) is 12.4 Å². The molecule has 3 aromatic rings. The van der Waals surface area contributed by atoms with Crippen LogP contribution >= 0.6 is 11.6 Å². The molecule has 0 aliphatic rings. The van der Waals surface area contributed by atoms with Crippen LogP contribution in [0, 0.1) is 0 Å². The molecule has 0 saturated heterocycles. The summed E-state index contributed by atoms with van der Waals surface area (Å²) in [7, 11) is 3.36. The molecule has 0 spiro atoms. The second-order valence-corrected chi connectivity index (χ2v) is 7.08.